The van der Waals surface area contributed by atoms with Crippen LogP contribution in [0.5, 0.6) is 0 Å². The van der Waals surface area contributed by atoms with E-state index in [1.807, 2.05) is 25.1 Å². The Bertz CT molecular complexity index is 1440. The van der Waals surface area contributed by atoms with Gasteiger partial charge in [0.15, 0.2) is 11.6 Å². The number of aromatic nitrogens is 4. The first-order chi connectivity index (χ1) is 15.9. The number of rotatable bonds is 4. The highest BCUT2D eigenvalue weighted by atomic mass is 19.1. The van der Waals surface area contributed by atoms with Gasteiger partial charge in [0.25, 0.3) is 5.56 Å². The Hall–Kier alpha value is -4.21. The lowest BCUT2D eigenvalue weighted by atomic mass is 10.0. The molecule has 0 saturated carbocycles. The van der Waals surface area contributed by atoms with Crippen molar-refractivity contribution < 1.29 is 9.18 Å². The summed E-state index contributed by atoms with van der Waals surface area (Å²) in [5, 5.41) is 3.10. The number of carbonyl (C=O) groups is 1. The molecular weight excluding hydrogens is 425 g/mol. The second kappa shape index (κ2) is 7.73. The summed E-state index contributed by atoms with van der Waals surface area (Å²) in [5.41, 5.74) is 6.95. The minimum absolute atomic E-state index is 0.0355. The summed E-state index contributed by atoms with van der Waals surface area (Å²) >= 11 is 0. The van der Waals surface area contributed by atoms with Crippen molar-refractivity contribution >= 4 is 28.9 Å². The molecular formula is C23H22FN7O2. The second-order valence-corrected chi connectivity index (χ2v) is 7.97. The molecule has 3 aromatic heterocycles. The van der Waals surface area contributed by atoms with Crippen molar-refractivity contribution in [3.05, 3.63) is 76.2 Å². The highest BCUT2D eigenvalue weighted by molar-refractivity contribution is 6.06. The topological polar surface area (TPSA) is 111 Å². The highest BCUT2D eigenvalue weighted by Crippen LogP contribution is 2.33. The van der Waals surface area contributed by atoms with Crippen molar-refractivity contribution in [3.63, 3.8) is 0 Å². The number of nitrogens with zero attached hydrogens (tertiary/aromatic N) is 5. The summed E-state index contributed by atoms with van der Waals surface area (Å²) in [6.07, 6.45) is 3.54. The first-order valence-corrected chi connectivity index (χ1v) is 10.5. The zero-order valence-electron chi connectivity index (χ0n) is 18.1. The number of nitrogens with two attached hydrogens (primary N) is 1. The van der Waals surface area contributed by atoms with Crippen LogP contribution in [0.25, 0.3) is 11.2 Å². The predicted octanol–water partition coefficient (Wildman–Crippen LogP) is 2.80. The first kappa shape index (κ1) is 20.7. The van der Waals surface area contributed by atoms with Gasteiger partial charge in [0.2, 0.25) is 5.95 Å². The van der Waals surface area contributed by atoms with E-state index in [0.29, 0.717) is 41.5 Å². The molecule has 1 aliphatic heterocycles. The molecule has 1 unspecified atom stereocenters. The Kier molecular flexibility index (Phi) is 4.85. The van der Waals surface area contributed by atoms with Crippen molar-refractivity contribution in [1.82, 2.24) is 18.9 Å². The lowest BCUT2D eigenvalue weighted by Crippen LogP contribution is -2.33. The molecule has 0 saturated heterocycles. The standard InChI is InChI=1S/C23H22FN7O2/c1-13(29(2)21-18-17(32)8-10-26-20(18)27-23(25)28-21)16-12-30-11-9-15(24)19(30)22(33)31(16)14-6-4-3-5-7-14/h3-7,9,11-13H,8,10H2,1-2H3,(H3,25,26,27,28). The number of halogens is 1. The monoisotopic (exact) mass is 447 g/mol. The van der Waals surface area contributed by atoms with Crippen molar-refractivity contribution in [2.45, 2.75) is 19.4 Å². The fraction of sp³-hybridized carbons (Fsp3) is 0.217. The summed E-state index contributed by atoms with van der Waals surface area (Å²) in [5.74, 6) is 0.130. The minimum Gasteiger partial charge on any atom is -0.369 e. The molecule has 0 bridgehead atoms. The Balaban J connectivity index is 1.72. The number of carbonyl (C=O) groups excluding carboxylic acids is 1. The Morgan fingerprint density at radius 3 is 2.70 bits per heavy atom. The van der Waals surface area contributed by atoms with Crippen LogP contribution in [0.2, 0.25) is 0 Å². The minimum atomic E-state index is -0.591. The van der Waals surface area contributed by atoms with E-state index >= 15 is 0 Å². The summed E-state index contributed by atoms with van der Waals surface area (Å²) in [4.78, 5) is 36.4. The molecule has 10 heteroatoms. The first-order valence-electron chi connectivity index (χ1n) is 10.5. The summed E-state index contributed by atoms with van der Waals surface area (Å²) in [6.45, 7) is 2.36. The number of nitrogen functional groups attached to an aromatic ring is 1. The zero-order chi connectivity index (χ0) is 23.3. The largest absolute Gasteiger partial charge is 0.369 e. The highest BCUT2D eigenvalue weighted by Gasteiger charge is 2.29. The molecule has 4 heterocycles. The van der Waals surface area contributed by atoms with Crippen molar-refractivity contribution in [3.8, 4) is 5.69 Å². The maximum Gasteiger partial charge on any atom is 0.282 e. The fourth-order valence-electron chi connectivity index (χ4n) is 4.21. The third-order valence-electron chi connectivity index (χ3n) is 5.99. The average molecular weight is 447 g/mol. The van der Waals surface area contributed by atoms with Gasteiger partial charge in [-0.15, -0.1) is 0 Å². The van der Waals surface area contributed by atoms with Crippen LogP contribution in [0, 0.1) is 5.82 Å². The molecule has 0 aliphatic carbocycles. The van der Waals surface area contributed by atoms with Crippen molar-refractivity contribution in [1.29, 1.82) is 0 Å². The third-order valence-corrected chi connectivity index (χ3v) is 5.99. The number of fused-ring (bicyclic) bond motifs is 2. The van der Waals surface area contributed by atoms with E-state index < -0.39 is 17.4 Å². The summed E-state index contributed by atoms with van der Waals surface area (Å²) < 4.78 is 17.4. The maximum atomic E-state index is 14.4. The molecule has 0 radical (unpaired) electrons. The molecule has 33 heavy (non-hydrogen) atoms. The van der Waals surface area contributed by atoms with Gasteiger partial charge in [-0.05, 0) is 25.1 Å². The van der Waals surface area contributed by atoms with Crippen molar-refractivity contribution in [2.75, 3.05) is 29.5 Å². The van der Waals surface area contributed by atoms with Crippen LogP contribution in [0.1, 0.15) is 35.4 Å². The quantitative estimate of drug-likeness (QED) is 0.495. The predicted molar refractivity (Wildman–Crippen MR) is 124 cm³/mol. The zero-order valence-corrected chi connectivity index (χ0v) is 18.1. The Labute approximate surface area is 188 Å². The lowest BCUT2D eigenvalue weighted by molar-refractivity contribution is 0.0983. The molecule has 0 amide bonds. The van der Waals surface area contributed by atoms with E-state index in [4.69, 9.17) is 5.73 Å². The molecule has 1 aliphatic rings. The molecule has 168 valence electrons. The van der Waals surface area contributed by atoms with E-state index in [9.17, 15) is 14.0 Å². The molecule has 1 atom stereocenters. The molecule has 3 N–H and O–H groups in total. The van der Waals surface area contributed by atoms with Gasteiger partial charge in [0.05, 0.1) is 11.7 Å². The third kappa shape index (κ3) is 3.30. The van der Waals surface area contributed by atoms with Crippen LogP contribution < -0.4 is 21.5 Å². The number of anilines is 3. The Morgan fingerprint density at radius 2 is 1.94 bits per heavy atom. The molecule has 4 aromatic rings. The van der Waals surface area contributed by atoms with Crippen LogP contribution in [0.4, 0.5) is 22.0 Å². The van der Waals surface area contributed by atoms with Gasteiger partial charge >= 0.3 is 0 Å². The maximum absolute atomic E-state index is 14.4. The van der Waals surface area contributed by atoms with E-state index in [1.165, 1.54) is 21.2 Å². The number of Topliss-reactive ketones (excluding diaryl/α,β-unsaturated/α-hetero) is 1. The smallest absolute Gasteiger partial charge is 0.282 e. The molecule has 0 fully saturated rings. The van der Waals surface area contributed by atoms with Crippen LogP contribution >= 0.6 is 0 Å². The van der Waals surface area contributed by atoms with E-state index in [0.717, 1.165) is 0 Å². The van der Waals surface area contributed by atoms with Gasteiger partial charge in [0, 0.05) is 38.1 Å². The van der Waals surface area contributed by atoms with Gasteiger partial charge in [-0.3, -0.25) is 14.2 Å². The number of benzene rings is 1. The normalized spacial score (nSPS) is 14.1. The van der Waals surface area contributed by atoms with E-state index in [2.05, 4.69) is 15.3 Å². The molecule has 0 spiro atoms. The SMILES string of the molecule is CC(c1cn2ccc(F)c2c(=O)n1-c1ccccc1)N(C)c1nc(N)nc2c1C(=O)CCN2. The average Bonchev–Trinajstić information content (AvgIpc) is 3.19. The van der Waals surface area contributed by atoms with Crippen LogP contribution in [0.15, 0.2) is 53.6 Å². The number of nitrogens with one attached hydrogen (secondary N) is 1. The van der Waals surface area contributed by atoms with Crippen LogP contribution in [-0.4, -0.2) is 38.3 Å². The lowest BCUT2D eigenvalue weighted by Gasteiger charge is -2.31. The van der Waals surface area contributed by atoms with Gasteiger partial charge < -0.3 is 20.4 Å². The van der Waals surface area contributed by atoms with Crippen LogP contribution in [-0.2, 0) is 0 Å². The number of hydrogen-bond acceptors (Lipinski definition) is 7. The molecule has 5 rings (SSSR count). The Morgan fingerprint density at radius 1 is 1.18 bits per heavy atom. The number of ketones is 1. The van der Waals surface area contributed by atoms with Gasteiger partial charge in [-0.1, -0.05) is 18.2 Å². The van der Waals surface area contributed by atoms with Gasteiger partial charge in [-0.2, -0.15) is 9.97 Å². The number of hydrogen-bond donors (Lipinski definition) is 2. The summed E-state index contributed by atoms with van der Waals surface area (Å²) in [7, 11) is 1.77. The molecule has 1 aromatic carbocycles. The van der Waals surface area contributed by atoms with Crippen molar-refractivity contribution in [2.24, 2.45) is 0 Å². The summed E-state index contributed by atoms with van der Waals surface area (Å²) in [6, 6.07) is 9.85. The van der Waals surface area contributed by atoms with Gasteiger partial charge in [0.1, 0.15) is 22.7 Å². The fourth-order valence-corrected chi connectivity index (χ4v) is 4.21. The van der Waals surface area contributed by atoms with E-state index in [-0.39, 0.29) is 17.2 Å². The number of para-hydroxylation sites is 1. The van der Waals surface area contributed by atoms with Gasteiger partial charge in [-0.25, -0.2) is 4.39 Å². The van der Waals surface area contributed by atoms with E-state index in [1.54, 1.807) is 30.3 Å². The van der Waals surface area contributed by atoms with Crippen LogP contribution in [0.3, 0.4) is 0 Å². The molecule has 9 nitrogen and oxygen atoms in total. The second-order valence-electron chi connectivity index (χ2n) is 7.97.